The van der Waals surface area contributed by atoms with Crippen molar-refractivity contribution in [3.8, 4) is 0 Å². The molecule has 7 nitrogen and oxygen atoms in total. The van der Waals surface area contributed by atoms with Crippen LogP contribution in [0.25, 0.3) is 6.08 Å². The molecule has 4 atom stereocenters. The highest BCUT2D eigenvalue weighted by Crippen LogP contribution is 2.38. The van der Waals surface area contributed by atoms with E-state index in [1.54, 1.807) is 0 Å². The fraction of sp³-hybridized carbons (Fsp3) is 0.485. The molecule has 0 spiro atoms. The van der Waals surface area contributed by atoms with Gasteiger partial charge in [0.05, 0.1) is 18.1 Å². The number of rotatable bonds is 10. The third-order valence-electron chi connectivity index (χ3n) is 9.13. The summed E-state index contributed by atoms with van der Waals surface area (Å²) in [5, 5.41) is 13.5. The van der Waals surface area contributed by atoms with Gasteiger partial charge in [-0.15, -0.1) is 0 Å². The molecule has 2 aromatic carbocycles. The number of carbonyl (C=O) groups is 3. The molecule has 2 heterocycles. The summed E-state index contributed by atoms with van der Waals surface area (Å²) >= 11 is 1.93. The topological polar surface area (TPSA) is 99.3 Å². The highest BCUT2D eigenvalue weighted by molar-refractivity contribution is 8.00. The summed E-state index contributed by atoms with van der Waals surface area (Å²) < 4.78 is 0. The molecular formula is C33H40N4O3S. The minimum absolute atomic E-state index is 0.0434. The number of benzene rings is 2. The maximum atomic E-state index is 13.3. The van der Waals surface area contributed by atoms with E-state index in [0.717, 1.165) is 79.5 Å². The lowest BCUT2D eigenvalue weighted by Gasteiger charge is -2.32. The number of hydrogen-bond acceptors (Lipinski definition) is 5. The maximum absolute atomic E-state index is 13.3. The van der Waals surface area contributed by atoms with E-state index >= 15 is 0 Å². The summed E-state index contributed by atoms with van der Waals surface area (Å²) in [6.45, 7) is 0.745. The molecular weight excluding hydrogens is 532 g/mol. The van der Waals surface area contributed by atoms with Crippen LogP contribution in [0.3, 0.4) is 0 Å². The van der Waals surface area contributed by atoms with Crippen LogP contribution in [0.15, 0.2) is 60.2 Å². The van der Waals surface area contributed by atoms with Crippen LogP contribution in [0.5, 0.6) is 0 Å². The number of ketones is 1. The predicted octanol–water partition coefficient (Wildman–Crippen LogP) is 5.00. The predicted molar refractivity (Wildman–Crippen MR) is 164 cm³/mol. The van der Waals surface area contributed by atoms with Crippen LogP contribution >= 0.6 is 11.8 Å². The van der Waals surface area contributed by atoms with E-state index in [4.69, 9.17) is 0 Å². The molecule has 6 rings (SSSR count). The number of urea groups is 1. The molecule has 3 amide bonds. The Kier molecular flexibility index (Phi) is 8.77. The Bertz CT molecular complexity index is 1290. The van der Waals surface area contributed by atoms with Gasteiger partial charge in [0.25, 0.3) is 0 Å². The first kappa shape index (κ1) is 28.0. The van der Waals surface area contributed by atoms with Crippen LogP contribution in [-0.2, 0) is 4.79 Å². The molecule has 0 radical (unpaired) electrons. The minimum Gasteiger partial charge on any atom is -0.356 e. The zero-order valence-electron chi connectivity index (χ0n) is 23.4. The first-order valence-corrected chi connectivity index (χ1v) is 16.2. The van der Waals surface area contributed by atoms with E-state index in [2.05, 4.69) is 27.3 Å². The highest BCUT2D eigenvalue weighted by Gasteiger charge is 2.42. The summed E-state index contributed by atoms with van der Waals surface area (Å²) in [6.07, 6.45) is 9.76. The Morgan fingerprint density at radius 1 is 0.951 bits per heavy atom. The maximum Gasteiger partial charge on any atom is 0.315 e. The van der Waals surface area contributed by atoms with Crippen molar-refractivity contribution in [2.75, 3.05) is 12.3 Å². The molecule has 2 aliphatic carbocycles. The Morgan fingerprint density at radius 2 is 1.73 bits per heavy atom. The smallest absolute Gasteiger partial charge is 0.315 e. The second-order valence-electron chi connectivity index (χ2n) is 11.9. The van der Waals surface area contributed by atoms with Gasteiger partial charge in [0, 0.05) is 41.1 Å². The largest absolute Gasteiger partial charge is 0.356 e. The molecule has 8 heteroatoms. The number of fused-ring (bicyclic) bond motifs is 2. The molecule has 1 saturated carbocycles. The van der Waals surface area contributed by atoms with Crippen molar-refractivity contribution < 1.29 is 14.4 Å². The summed E-state index contributed by atoms with van der Waals surface area (Å²) in [5.74, 6) is 1.74. The standard InChI is InChI=1S/C33H40N4O3S/c38-29(13-7-6-12-28-31-27(20-41-28)36-33(40)37-31)34-19-22-14-16-23(17-15-22)35-30-24-10-4-5-11-25(24)32(39)26(30)18-21-8-2-1-3-9-21/h1-5,8-11,18,22-23,27-28,30-31,35H,6-7,12-17,19-20H2,(H,34,38)(H2,36,37,40). The third kappa shape index (κ3) is 6.54. The SMILES string of the molecule is O=C(CCCCC1SCC2NC(=O)NC21)NCC1CCC(NC2C(=Cc3ccccc3)C(=O)c3ccccc32)CC1. The van der Waals surface area contributed by atoms with E-state index in [0.29, 0.717) is 23.6 Å². The van der Waals surface area contributed by atoms with E-state index in [-0.39, 0.29) is 35.8 Å². The van der Waals surface area contributed by atoms with Crippen LogP contribution < -0.4 is 21.3 Å². The molecule has 3 fully saturated rings. The second kappa shape index (κ2) is 12.8. The Balaban J connectivity index is 0.933. The minimum atomic E-state index is -0.0881. The molecule has 0 aromatic heterocycles. The molecule has 4 aliphatic rings. The fourth-order valence-corrected chi connectivity index (χ4v) is 8.40. The van der Waals surface area contributed by atoms with Gasteiger partial charge in [-0.1, -0.05) is 61.0 Å². The van der Waals surface area contributed by atoms with Gasteiger partial charge in [0.15, 0.2) is 5.78 Å². The molecule has 2 aliphatic heterocycles. The van der Waals surface area contributed by atoms with E-state index < -0.39 is 0 Å². The number of Topliss-reactive ketones (excluding diaryl/α,β-unsaturated/α-hetero) is 1. The van der Waals surface area contributed by atoms with Gasteiger partial charge in [-0.2, -0.15) is 11.8 Å². The quantitative estimate of drug-likeness (QED) is 0.183. The van der Waals surface area contributed by atoms with Crippen LogP contribution in [-0.4, -0.2) is 53.4 Å². The number of nitrogens with one attached hydrogen (secondary N) is 4. The van der Waals surface area contributed by atoms with Crippen molar-refractivity contribution in [1.82, 2.24) is 21.3 Å². The number of hydrogen-bond donors (Lipinski definition) is 4. The van der Waals surface area contributed by atoms with Crippen LogP contribution in [0.2, 0.25) is 0 Å². The Morgan fingerprint density at radius 3 is 2.56 bits per heavy atom. The molecule has 4 unspecified atom stereocenters. The molecule has 2 saturated heterocycles. The van der Waals surface area contributed by atoms with E-state index in [9.17, 15) is 14.4 Å². The van der Waals surface area contributed by atoms with Gasteiger partial charge in [0.1, 0.15) is 0 Å². The normalized spacial score (nSPS) is 29.6. The third-order valence-corrected chi connectivity index (χ3v) is 10.6. The average Bonchev–Trinajstić information content (AvgIpc) is 3.63. The van der Waals surface area contributed by atoms with Crippen LogP contribution in [0.1, 0.15) is 78.9 Å². The van der Waals surface area contributed by atoms with Gasteiger partial charge in [-0.05, 0) is 61.6 Å². The lowest BCUT2D eigenvalue weighted by Crippen LogP contribution is -2.38. The van der Waals surface area contributed by atoms with Crippen molar-refractivity contribution in [1.29, 1.82) is 0 Å². The molecule has 0 bridgehead atoms. The highest BCUT2D eigenvalue weighted by atomic mass is 32.2. The van der Waals surface area contributed by atoms with Crippen molar-refractivity contribution in [2.45, 2.75) is 80.8 Å². The van der Waals surface area contributed by atoms with Crippen LogP contribution in [0.4, 0.5) is 4.79 Å². The van der Waals surface area contributed by atoms with E-state index in [1.807, 2.05) is 66.4 Å². The molecule has 4 N–H and O–H groups in total. The number of amides is 3. The van der Waals surface area contributed by atoms with Gasteiger partial charge in [0.2, 0.25) is 5.91 Å². The summed E-state index contributed by atoms with van der Waals surface area (Å²) in [7, 11) is 0. The van der Waals surface area contributed by atoms with Crippen molar-refractivity contribution in [3.05, 3.63) is 76.9 Å². The lowest BCUT2D eigenvalue weighted by atomic mass is 9.85. The number of thioether (sulfide) groups is 1. The Hall–Kier alpha value is -3.10. The summed E-state index contributed by atoms with van der Waals surface area (Å²) in [4.78, 5) is 37.4. The first-order chi connectivity index (χ1) is 20.0. The van der Waals surface area contributed by atoms with Gasteiger partial charge in [-0.3, -0.25) is 9.59 Å². The van der Waals surface area contributed by atoms with E-state index in [1.165, 1.54) is 0 Å². The first-order valence-electron chi connectivity index (χ1n) is 15.2. The van der Waals surface area contributed by atoms with Crippen molar-refractivity contribution in [3.63, 3.8) is 0 Å². The van der Waals surface area contributed by atoms with Crippen molar-refractivity contribution in [2.24, 2.45) is 5.92 Å². The monoisotopic (exact) mass is 572 g/mol. The summed E-state index contributed by atoms with van der Waals surface area (Å²) in [5.41, 5.74) is 3.74. The summed E-state index contributed by atoms with van der Waals surface area (Å²) in [6, 6.07) is 18.7. The zero-order valence-corrected chi connectivity index (χ0v) is 24.3. The van der Waals surface area contributed by atoms with Gasteiger partial charge < -0.3 is 21.3 Å². The molecule has 2 aromatic rings. The number of carbonyl (C=O) groups excluding carboxylic acids is 3. The fourth-order valence-electron chi connectivity index (χ4n) is 6.86. The lowest BCUT2D eigenvalue weighted by molar-refractivity contribution is -0.121. The van der Waals surface area contributed by atoms with Crippen LogP contribution in [0, 0.1) is 5.92 Å². The zero-order chi connectivity index (χ0) is 28.2. The van der Waals surface area contributed by atoms with Gasteiger partial charge >= 0.3 is 6.03 Å². The Labute approximate surface area is 246 Å². The second-order valence-corrected chi connectivity index (χ2v) is 13.2. The molecule has 216 valence electrons. The average molecular weight is 573 g/mol. The number of unbranched alkanes of at least 4 members (excludes halogenated alkanes) is 1. The van der Waals surface area contributed by atoms with Gasteiger partial charge in [-0.25, -0.2) is 4.79 Å². The molecule has 41 heavy (non-hydrogen) atoms. The van der Waals surface area contributed by atoms with Crippen molar-refractivity contribution >= 4 is 35.6 Å².